The zero-order valence-electron chi connectivity index (χ0n) is 19.1. The lowest BCUT2D eigenvalue weighted by Crippen LogP contribution is -2.65. The Hall–Kier alpha value is -2.32. The summed E-state index contributed by atoms with van der Waals surface area (Å²) >= 11 is 2.73. The highest BCUT2D eigenvalue weighted by atomic mass is 32.1. The van der Waals surface area contributed by atoms with Gasteiger partial charge in [0.1, 0.15) is 6.54 Å². The number of nitrogens with zero attached hydrogens (tertiary/aromatic N) is 1. The van der Waals surface area contributed by atoms with Crippen LogP contribution in [-0.2, 0) is 15.1 Å². The van der Waals surface area contributed by atoms with Gasteiger partial charge >= 0.3 is 5.97 Å². The first-order chi connectivity index (χ1) is 16.5. The molecule has 178 valence electrons. The van der Waals surface area contributed by atoms with E-state index >= 15 is 0 Å². The molecule has 5 heterocycles. The molecule has 0 saturated carbocycles. The van der Waals surface area contributed by atoms with E-state index in [-0.39, 0.29) is 11.9 Å². The van der Waals surface area contributed by atoms with Crippen LogP contribution >= 0.6 is 22.7 Å². The molecule has 6 rings (SSSR count). The Kier molecular flexibility index (Phi) is 6.71. The van der Waals surface area contributed by atoms with Gasteiger partial charge in [0, 0.05) is 37.2 Å². The number of carbonyl (C=O) groups is 2. The molecule has 1 unspecified atom stereocenters. The first-order valence-electron chi connectivity index (χ1n) is 11.9. The lowest BCUT2D eigenvalue weighted by atomic mass is 9.82. The van der Waals surface area contributed by atoms with Crippen LogP contribution in [0.4, 0.5) is 0 Å². The summed E-state index contributed by atoms with van der Waals surface area (Å²) in [5, 5.41) is 15.3. The van der Waals surface area contributed by atoms with Crippen molar-refractivity contribution in [1.29, 1.82) is 0 Å². The molecule has 0 spiro atoms. The highest BCUT2D eigenvalue weighted by Gasteiger charge is 2.51. The molecule has 5 nitrogen and oxygen atoms in total. The van der Waals surface area contributed by atoms with Crippen LogP contribution in [0.3, 0.4) is 0 Å². The molecule has 7 heteroatoms. The molecule has 3 saturated heterocycles. The zero-order valence-corrected chi connectivity index (χ0v) is 20.7. The second kappa shape index (κ2) is 9.74. The van der Waals surface area contributed by atoms with Crippen molar-refractivity contribution in [2.24, 2.45) is 5.92 Å². The highest BCUT2D eigenvalue weighted by molar-refractivity contribution is 7.12. The largest absolute Gasteiger partial charge is 0.453 e. The summed E-state index contributed by atoms with van der Waals surface area (Å²) in [4.78, 5) is 27.2. The molecular formula is C27H30NO4S2+. The second-order valence-electron chi connectivity index (χ2n) is 9.53. The van der Waals surface area contributed by atoms with Crippen molar-refractivity contribution in [3.63, 3.8) is 0 Å². The van der Waals surface area contributed by atoms with Gasteiger partial charge in [-0.25, -0.2) is 4.79 Å². The van der Waals surface area contributed by atoms with Crippen molar-refractivity contribution in [3.05, 3.63) is 80.7 Å². The fraction of sp³-hybridized carbons (Fsp3) is 0.407. The molecule has 1 atom stereocenters. The Morgan fingerprint density at radius 1 is 0.971 bits per heavy atom. The van der Waals surface area contributed by atoms with Crippen LogP contribution in [0.25, 0.3) is 0 Å². The van der Waals surface area contributed by atoms with Gasteiger partial charge in [-0.2, -0.15) is 0 Å². The molecule has 3 fully saturated rings. The van der Waals surface area contributed by atoms with Crippen molar-refractivity contribution < 1.29 is 23.9 Å². The number of Topliss-reactive ketones (excluding diaryl/α,β-unsaturated/α-hetero) is 1. The van der Waals surface area contributed by atoms with E-state index in [0.29, 0.717) is 22.1 Å². The summed E-state index contributed by atoms with van der Waals surface area (Å²) in [6, 6.07) is 16.7. The minimum atomic E-state index is -1.76. The smallest absolute Gasteiger partial charge is 0.349 e. The third-order valence-electron chi connectivity index (χ3n) is 7.48. The summed E-state index contributed by atoms with van der Waals surface area (Å²) in [5.74, 6) is -0.0509. The van der Waals surface area contributed by atoms with Gasteiger partial charge in [0.25, 0.3) is 0 Å². The predicted octanol–water partition coefficient (Wildman–Crippen LogP) is 4.86. The number of fused-ring (bicyclic) bond motifs is 3. The number of ketones is 1. The average molecular weight is 497 g/mol. The number of aliphatic hydroxyl groups is 1. The Bertz CT molecular complexity index is 1070. The number of ether oxygens (including phenoxy) is 1. The van der Waals surface area contributed by atoms with Gasteiger partial charge < -0.3 is 14.3 Å². The molecule has 1 N–H and O–H groups in total. The SMILES string of the molecule is O=C(CCC[N+]12CCC(CC1)C(OC(=O)C(O)(c1cccs1)c1cccs1)C2)c1ccccc1. The first kappa shape index (κ1) is 23.4. The Balaban J connectivity index is 1.25. The predicted molar refractivity (Wildman–Crippen MR) is 134 cm³/mol. The molecule has 2 aromatic heterocycles. The first-order valence-corrected chi connectivity index (χ1v) is 13.7. The van der Waals surface area contributed by atoms with Gasteiger partial charge in [-0.05, 0) is 22.9 Å². The standard InChI is InChI=1S/C27H30NO4S2/c29-22(20-7-2-1-3-8-20)9-4-14-28-15-12-21(13-16-28)23(19-28)32-26(30)27(31,24-10-5-17-33-24)25-11-6-18-34-25/h1-3,5-8,10-11,17-18,21,23,31H,4,9,12-16,19H2/q+1. The Morgan fingerprint density at radius 2 is 1.62 bits per heavy atom. The zero-order chi connectivity index (χ0) is 23.6. The van der Waals surface area contributed by atoms with Gasteiger partial charge in [-0.1, -0.05) is 42.5 Å². The summed E-state index contributed by atoms with van der Waals surface area (Å²) in [6.07, 6.45) is 3.19. The van der Waals surface area contributed by atoms with Gasteiger partial charge in [0.2, 0.25) is 5.60 Å². The molecule has 3 aliphatic heterocycles. The molecule has 0 radical (unpaired) electrons. The average Bonchev–Trinajstić information content (AvgIpc) is 3.60. The van der Waals surface area contributed by atoms with E-state index in [2.05, 4.69) is 0 Å². The van der Waals surface area contributed by atoms with Gasteiger partial charge in [-0.15, -0.1) is 22.7 Å². The number of thiophene rings is 2. The monoisotopic (exact) mass is 496 g/mol. The third-order valence-corrected chi connectivity index (χ3v) is 9.44. The molecule has 0 amide bonds. The number of rotatable bonds is 9. The van der Waals surface area contributed by atoms with Crippen LogP contribution in [0.5, 0.6) is 0 Å². The summed E-state index contributed by atoms with van der Waals surface area (Å²) in [6.45, 7) is 3.82. The summed E-state index contributed by atoms with van der Waals surface area (Å²) < 4.78 is 7.00. The normalized spacial score (nSPS) is 24.1. The van der Waals surface area contributed by atoms with Crippen LogP contribution in [0, 0.1) is 5.92 Å². The maximum Gasteiger partial charge on any atom is 0.349 e. The van der Waals surface area contributed by atoms with E-state index in [1.807, 2.05) is 53.2 Å². The van der Waals surface area contributed by atoms with E-state index in [1.54, 1.807) is 12.1 Å². The lowest BCUT2D eigenvalue weighted by Gasteiger charge is -2.52. The number of piperidine rings is 3. The van der Waals surface area contributed by atoms with Crippen molar-refractivity contribution in [1.82, 2.24) is 0 Å². The third kappa shape index (κ3) is 4.50. The van der Waals surface area contributed by atoms with Crippen molar-refractivity contribution in [2.45, 2.75) is 37.4 Å². The molecule has 1 aromatic carbocycles. The van der Waals surface area contributed by atoms with E-state index in [9.17, 15) is 14.7 Å². The fourth-order valence-corrected chi connectivity index (χ4v) is 7.24. The van der Waals surface area contributed by atoms with Crippen molar-refractivity contribution in [3.8, 4) is 0 Å². The van der Waals surface area contributed by atoms with Crippen LogP contribution in [0.2, 0.25) is 0 Å². The van der Waals surface area contributed by atoms with E-state index in [4.69, 9.17) is 4.74 Å². The highest BCUT2D eigenvalue weighted by Crippen LogP contribution is 2.40. The van der Waals surface area contributed by atoms with Crippen LogP contribution in [0.15, 0.2) is 65.4 Å². The number of hydrogen-bond acceptors (Lipinski definition) is 6. The van der Waals surface area contributed by atoms with E-state index in [0.717, 1.165) is 55.5 Å². The van der Waals surface area contributed by atoms with Gasteiger partial charge in [0.15, 0.2) is 11.9 Å². The van der Waals surface area contributed by atoms with E-state index < -0.39 is 11.6 Å². The molecule has 2 bridgehead atoms. The van der Waals surface area contributed by atoms with E-state index in [1.165, 1.54) is 22.7 Å². The summed E-state index contributed by atoms with van der Waals surface area (Å²) in [5.41, 5.74) is -0.991. The van der Waals surface area contributed by atoms with Crippen molar-refractivity contribution in [2.75, 3.05) is 26.2 Å². The Labute approximate surface area is 208 Å². The fourth-order valence-electron chi connectivity index (χ4n) is 5.53. The number of quaternary nitrogens is 1. The number of carbonyl (C=O) groups excluding carboxylic acids is 2. The van der Waals surface area contributed by atoms with Gasteiger partial charge in [0.05, 0.1) is 29.4 Å². The quantitative estimate of drug-likeness (QED) is 0.261. The Morgan fingerprint density at radius 3 is 2.21 bits per heavy atom. The maximum atomic E-state index is 13.5. The summed E-state index contributed by atoms with van der Waals surface area (Å²) in [7, 11) is 0. The second-order valence-corrected chi connectivity index (χ2v) is 11.4. The number of hydrogen-bond donors (Lipinski definition) is 1. The van der Waals surface area contributed by atoms with Crippen molar-refractivity contribution >= 4 is 34.4 Å². The minimum absolute atomic E-state index is 0.186. The minimum Gasteiger partial charge on any atom is -0.453 e. The van der Waals surface area contributed by atoms with Crippen LogP contribution in [0.1, 0.15) is 45.8 Å². The molecule has 3 aliphatic rings. The molecule has 34 heavy (non-hydrogen) atoms. The van der Waals surface area contributed by atoms with Crippen LogP contribution < -0.4 is 0 Å². The topological polar surface area (TPSA) is 63.6 Å². The maximum absolute atomic E-state index is 13.5. The number of esters is 1. The van der Waals surface area contributed by atoms with Gasteiger partial charge in [-0.3, -0.25) is 4.79 Å². The lowest BCUT2D eigenvalue weighted by molar-refractivity contribution is -0.946. The molecular weight excluding hydrogens is 466 g/mol. The molecule has 0 aliphatic carbocycles. The van der Waals surface area contributed by atoms with Crippen LogP contribution in [-0.4, -0.2) is 53.6 Å². The molecule has 3 aromatic rings. The number of benzene rings is 1.